The van der Waals surface area contributed by atoms with Gasteiger partial charge in [-0.3, -0.25) is 4.68 Å². The van der Waals surface area contributed by atoms with Crippen LogP contribution in [0.2, 0.25) is 5.02 Å². The Hall–Kier alpha value is -0.540. The molecule has 1 aliphatic rings. The summed E-state index contributed by atoms with van der Waals surface area (Å²) in [5.74, 6) is 0. The van der Waals surface area contributed by atoms with Crippen molar-refractivity contribution < 1.29 is 5.11 Å². The second-order valence-corrected chi connectivity index (χ2v) is 5.38. The summed E-state index contributed by atoms with van der Waals surface area (Å²) in [5.41, 5.74) is 0.0414. The second kappa shape index (κ2) is 4.38. The van der Waals surface area contributed by atoms with Gasteiger partial charge >= 0.3 is 0 Å². The van der Waals surface area contributed by atoms with Gasteiger partial charge in [0.05, 0.1) is 16.9 Å². The van der Waals surface area contributed by atoms with E-state index in [-0.39, 0.29) is 6.04 Å². The molecule has 0 aromatic carbocycles. The number of rotatable bonds is 2. The number of aliphatic hydroxyl groups is 1. The van der Waals surface area contributed by atoms with E-state index in [0.717, 1.165) is 31.4 Å². The normalized spacial score (nSPS) is 20.3. The summed E-state index contributed by atoms with van der Waals surface area (Å²) in [6, 6.07) is 0.230. The minimum Gasteiger partial charge on any atom is -0.384 e. The van der Waals surface area contributed by atoms with E-state index in [1.807, 2.05) is 4.68 Å². The summed E-state index contributed by atoms with van der Waals surface area (Å²) in [4.78, 5) is 0. The smallest absolute Gasteiger partial charge is 0.108 e. The first-order chi connectivity index (χ1) is 7.54. The Morgan fingerprint density at radius 1 is 1.38 bits per heavy atom. The first-order valence-corrected chi connectivity index (χ1v) is 6.38. The molecule has 16 heavy (non-hydrogen) atoms. The van der Waals surface area contributed by atoms with E-state index in [2.05, 4.69) is 18.9 Å². The molecule has 0 aliphatic heterocycles. The van der Waals surface area contributed by atoms with Gasteiger partial charge in [-0.25, -0.2) is 0 Å². The molecule has 0 unspecified atom stereocenters. The molecule has 4 heteroatoms. The van der Waals surface area contributed by atoms with Gasteiger partial charge in [0.25, 0.3) is 0 Å². The molecule has 0 amide bonds. The van der Waals surface area contributed by atoms with Crippen molar-refractivity contribution in [1.82, 2.24) is 9.78 Å². The molecule has 1 aromatic heterocycles. The van der Waals surface area contributed by atoms with Gasteiger partial charge in [-0.05, 0) is 26.7 Å². The van der Waals surface area contributed by atoms with Gasteiger partial charge in [0.1, 0.15) is 5.60 Å². The highest BCUT2D eigenvalue weighted by Crippen LogP contribution is 2.40. The van der Waals surface area contributed by atoms with Crippen LogP contribution in [0.5, 0.6) is 0 Å². The van der Waals surface area contributed by atoms with Crippen LogP contribution < -0.4 is 0 Å². The van der Waals surface area contributed by atoms with Gasteiger partial charge in [0.2, 0.25) is 0 Å². The fourth-order valence-electron chi connectivity index (χ4n) is 2.54. The fourth-order valence-corrected chi connectivity index (χ4v) is 2.85. The monoisotopic (exact) mass is 242 g/mol. The molecule has 0 radical (unpaired) electrons. The van der Waals surface area contributed by atoms with Crippen LogP contribution in [-0.2, 0) is 5.60 Å². The highest BCUT2D eigenvalue weighted by molar-refractivity contribution is 6.31. The van der Waals surface area contributed by atoms with Crippen LogP contribution in [-0.4, -0.2) is 14.9 Å². The first-order valence-electron chi connectivity index (χ1n) is 6.00. The zero-order chi connectivity index (χ0) is 11.8. The molecule has 1 saturated carbocycles. The van der Waals surface area contributed by atoms with E-state index in [4.69, 9.17) is 11.6 Å². The third-order valence-electron chi connectivity index (χ3n) is 3.36. The summed E-state index contributed by atoms with van der Waals surface area (Å²) in [7, 11) is 0. The molecular formula is C12H19ClN2O. The lowest BCUT2D eigenvalue weighted by Gasteiger charge is -2.33. The Balaban J connectivity index is 2.41. The third kappa shape index (κ3) is 1.98. The van der Waals surface area contributed by atoms with Gasteiger partial charge < -0.3 is 5.11 Å². The number of aromatic nitrogens is 2. The molecule has 1 aliphatic carbocycles. The lowest BCUT2D eigenvalue weighted by atomic mass is 9.82. The molecule has 1 heterocycles. The molecule has 1 aromatic rings. The summed E-state index contributed by atoms with van der Waals surface area (Å²) in [6.07, 6.45) is 6.57. The van der Waals surface area contributed by atoms with Crippen molar-refractivity contribution in [1.29, 1.82) is 0 Å². The Labute approximate surface area is 101 Å². The summed E-state index contributed by atoms with van der Waals surface area (Å²) < 4.78 is 1.85. The van der Waals surface area contributed by atoms with Crippen molar-refractivity contribution >= 4 is 11.6 Å². The highest BCUT2D eigenvalue weighted by Gasteiger charge is 2.36. The van der Waals surface area contributed by atoms with Crippen LogP contribution in [0.1, 0.15) is 57.7 Å². The molecule has 90 valence electrons. The van der Waals surface area contributed by atoms with E-state index in [0.29, 0.717) is 5.02 Å². The van der Waals surface area contributed by atoms with E-state index in [1.165, 1.54) is 6.42 Å². The van der Waals surface area contributed by atoms with Crippen molar-refractivity contribution in [3.8, 4) is 0 Å². The molecule has 3 nitrogen and oxygen atoms in total. The van der Waals surface area contributed by atoms with Crippen molar-refractivity contribution in [2.75, 3.05) is 0 Å². The summed E-state index contributed by atoms with van der Waals surface area (Å²) in [6.45, 7) is 4.11. The number of hydrogen-bond donors (Lipinski definition) is 1. The number of nitrogens with zero attached hydrogens (tertiary/aromatic N) is 2. The minimum absolute atomic E-state index is 0.230. The third-order valence-corrected chi connectivity index (χ3v) is 3.64. The van der Waals surface area contributed by atoms with Crippen LogP contribution in [0.15, 0.2) is 6.20 Å². The fraction of sp³-hybridized carbons (Fsp3) is 0.750. The maximum atomic E-state index is 10.7. The topological polar surface area (TPSA) is 38.0 Å². The Morgan fingerprint density at radius 3 is 2.56 bits per heavy atom. The largest absolute Gasteiger partial charge is 0.384 e. The summed E-state index contributed by atoms with van der Waals surface area (Å²) >= 11 is 6.17. The van der Waals surface area contributed by atoms with Crippen molar-refractivity contribution in [2.45, 2.75) is 57.6 Å². The molecule has 1 N–H and O–H groups in total. The molecule has 0 saturated heterocycles. The SMILES string of the molecule is CC(C)n1ncc(Cl)c1C1(O)CCCCC1. The van der Waals surface area contributed by atoms with E-state index in [1.54, 1.807) is 6.20 Å². The average molecular weight is 243 g/mol. The Bertz CT molecular complexity index is 367. The van der Waals surface area contributed by atoms with E-state index < -0.39 is 5.60 Å². The van der Waals surface area contributed by atoms with Crippen LogP contribution in [0, 0.1) is 0 Å². The van der Waals surface area contributed by atoms with Crippen LogP contribution in [0.25, 0.3) is 0 Å². The van der Waals surface area contributed by atoms with Gasteiger partial charge in [0.15, 0.2) is 0 Å². The average Bonchev–Trinajstić information content (AvgIpc) is 2.62. The standard InChI is InChI=1S/C12H19ClN2O/c1-9(2)15-11(10(13)8-14-15)12(16)6-4-3-5-7-12/h8-9,16H,3-7H2,1-2H3. The molecular weight excluding hydrogens is 224 g/mol. The minimum atomic E-state index is -0.768. The zero-order valence-electron chi connectivity index (χ0n) is 9.91. The van der Waals surface area contributed by atoms with E-state index >= 15 is 0 Å². The Kier molecular flexibility index (Phi) is 3.27. The van der Waals surface area contributed by atoms with Gasteiger partial charge in [-0.2, -0.15) is 5.10 Å². The molecule has 0 spiro atoms. The molecule has 2 rings (SSSR count). The van der Waals surface area contributed by atoms with Gasteiger partial charge in [-0.1, -0.05) is 30.9 Å². The quantitative estimate of drug-likeness (QED) is 0.865. The van der Waals surface area contributed by atoms with Crippen LogP contribution in [0.4, 0.5) is 0 Å². The molecule has 0 bridgehead atoms. The van der Waals surface area contributed by atoms with Crippen molar-refractivity contribution in [2.24, 2.45) is 0 Å². The number of halogens is 1. The molecule has 0 atom stereocenters. The maximum absolute atomic E-state index is 10.7. The van der Waals surface area contributed by atoms with Crippen LogP contribution >= 0.6 is 11.6 Å². The molecule has 1 fully saturated rings. The summed E-state index contributed by atoms with van der Waals surface area (Å²) in [5, 5.41) is 15.6. The van der Waals surface area contributed by atoms with Crippen molar-refractivity contribution in [3.05, 3.63) is 16.9 Å². The lowest BCUT2D eigenvalue weighted by Crippen LogP contribution is -2.32. The van der Waals surface area contributed by atoms with Crippen molar-refractivity contribution in [3.63, 3.8) is 0 Å². The predicted molar refractivity (Wildman–Crippen MR) is 64.6 cm³/mol. The number of hydrogen-bond acceptors (Lipinski definition) is 2. The first kappa shape index (κ1) is 11.9. The van der Waals surface area contributed by atoms with Gasteiger partial charge in [0, 0.05) is 6.04 Å². The van der Waals surface area contributed by atoms with Gasteiger partial charge in [-0.15, -0.1) is 0 Å². The second-order valence-electron chi connectivity index (χ2n) is 4.97. The Morgan fingerprint density at radius 2 is 2.00 bits per heavy atom. The highest BCUT2D eigenvalue weighted by atomic mass is 35.5. The lowest BCUT2D eigenvalue weighted by molar-refractivity contribution is -0.00955. The zero-order valence-corrected chi connectivity index (χ0v) is 10.7. The predicted octanol–water partition coefficient (Wildman–Crippen LogP) is 3.27. The maximum Gasteiger partial charge on any atom is 0.108 e. The van der Waals surface area contributed by atoms with Crippen LogP contribution in [0.3, 0.4) is 0 Å². The van der Waals surface area contributed by atoms with E-state index in [9.17, 15) is 5.11 Å².